The van der Waals surface area contributed by atoms with E-state index >= 15 is 0 Å². The van der Waals surface area contributed by atoms with Gasteiger partial charge in [-0.2, -0.15) is 4.98 Å². The number of amides is 1. The number of halogens is 1. The Hall–Kier alpha value is -2.86. The van der Waals surface area contributed by atoms with Gasteiger partial charge in [-0.05, 0) is 37.6 Å². The van der Waals surface area contributed by atoms with Crippen LogP contribution in [0.4, 0.5) is 0 Å². The van der Waals surface area contributed by atoms with Crippen LogP contribution in [0.1, 0.15) is 24.8 Å². The Morgan fingerprint density at radius 1 is 1.21 bits per heavy atom. The second-order valence-electron chi connectivity index (χ2n) is 6.51. The van der Waals surface area contributed by atoms with E-state index in [0.717, 1.165) is 5.56 Å². The summed E-state index contributed by atoms with van der Waals surface area (Å²) in [7, 11) is 1.68. The van der Waals surface area contributed by atoms with Crippen LogP contribution < -0.4 is 4.74 Å². The van der Waals surface area contributed by atoms with Crippen LogP contribution in [0.3, 0.4) is 0 Å². The zero-order valence-electron chi connectivity index (χ0n) is 16.1. The summed E-state index contributed by atoms with van der Waals surface area (Å²) in [6, 6.07) is 14.9. The first-order chi connectivity index (χ1) is 13.5. The highest BCUT2D eigenvalue weighted by Crippen LogP contribution is 2.25. The van der Waals surface area contributed by atoms with Gasteiger partial charge in [0.15, 0.2) is 6.10 Å². The van der Waals surface area contributed by atoms with Gasteiger partial charge in [0, 0.05) is 12.6 Å². The highest BCUT2D eigenvalue weighted by atomic mass is 35.5. The molecule has 0 aliphatic rings. The maximum absolute atomic E-state index is 12.8. The fraction of sp³-hybridized carbons (Fsp3) is 0.286. The minimum Gasteiger partial charge on any atom is -0.481 e. The van der Waals surface area contributed by atoms with Crippen molar-refractivity contribution in [3.63, 3.8) is 0 Å². The highest BCUT2D eigenvalue weighted by Gasteiger charge is 2.24. The summed E-state index contributed by atoms with van der Waals surface area (Å²) in [4.78, 5) is 18.6. The van der Waals surface area contributed by atoms with E-state index in [1.54, 1.807) is 13.1 Å². The number of carbonyl (C=O) groups excluding carboxylic acids is 1. The Bertz CT molecular complexity index is 940. The number of rotatable bonds is 7. The molecule has 3 rings (SSSR count). The molecular weight excluding hydrogens is 378 g/mol. The summed E-state index contributed by atoms with van der Waals surface area (Å²) in [6.07, 6.45) is -0.0372. The maximum atomic E-state index is 12.8. The fourth-order valence-electron chi connectivity index (χ4n) is 2.69. The topological polar surface area (TPSA) is 68.5 Å². The molecule has 0 saturated carbocycles. The van der Waals surface area contributed by atoms with Crippen molar-refractivity contribution in [1.82, 2.24) is 15.0 Å². The fourth-order valence-corrected chi connectivity index (χ4v) is 2.91. The number of carbonyl (C=O) groups is 1. The Morgan fingerprint density at radius 3 is 2.61 bits per heavy atom. The van der Waals surface area contributed by atoms with Gasteiger partial charge in [0.2, 0.25) is 11.7 Å². The van der Waals surface area contributed by atoms with Gasteiger partial charge in [-0.15, -0.1) is 0 Å². The first-order valence-electron chi connectivity index (χ1n) is 9.03. The molecule has 7 heteroatoms. The molecule has 1 heterocycles. The number of hydrogen-bond acceptors (Lipinski definition) is 5. The average molecular weight is 400 g/mol. The second-order valence-corrected chi connectivity index (χ2v) is 6.92. The molecule has 0 radical (unpaired) electrons. The molecule has 2 aromatic carbocycles. The molecule has 1 aromatic heterocycles. The van der Waals surface area contributed by atoms with Crippen LogP contribution in [-0.4, -0.2) is 34.1 Å². The molecule has 0 bridgehead atoms. The van der Waals surface area contributed by atoms with Crippen molar-refractivity contribution in [2.24, 2.45) is 0 Å². The van der Waals surface area contributed by atoms with Crippen LogP contribution in [0.25, 0.3) is 11.4 Å². The normalized spacial score (nSPS) is 11.9. The summed E-state index contributed by atoms with van der Waals surface area (Å²) >= 11 is 6.17. The molecule has 3 aromatic rings. The summed E-state index contributed by atoms with van der Waals surface area (Å²) < 4.78 is 11.1. The molecule has 1 atom stereocenters. The largest absolute Gasteiger partial charge is 0.481 e. The van der Waals surface area contributed by atoms with Crippen LogP contribution in [0.5, 0.6) is 5.75 Å². The third kappa shape index (κ3) is 4.70. The van der Waals surface area contributed by atoms with Gasteiger partial charge in [-0.25, -0.2) is 0 Å². The van der Waals surface area contributed by atoms with Gasteiger partial charge in [-0.3, -0.25) is 4.79 Å². The smallest absolute Gasteiger partial charge is 0.263 e. The zero-order valence-corrected chi connectivity index (χ0v) is 16.8. The minimum absolute atomic E-state index is 0.152. The SMILES string of the molecule is CC[C@H](Oc1ccc(C)cc1)C(=O)N(C)Cc1nc(-c2ccccc2Cl)no1. The second kappa shape index (κ2) is 8.89. The molecule has 0 fully saturated rings. The predicted octanol–water partition coefficient (Wildman–Crippen LogP) is 4.51. The number of nitrogens with zero attached hydrogens (tertiary/aromatic N) is 3. The highest BCUT2D eigenvalue weighted by molar-refractivity contribution is 6.33. The van der Waals surface area contributed by atoms with Gasteiger partial charge in [0.05, 0.1) is 11.6 Å². The monoisotopic (exact) mass is 399 g/mol. The van der Waals surface area contributed by atoms with Crippen molar-refractivity contribution in [2.75, 3.05) is 7.05 Å². The van der Waals surface area contributed by atoms with Crippen LogP contribution >= 0.6 is 11.6 Å². The lowest BCUT2D eigenvalue weighted by molar-refractivity contribution is -0.138. The van der Waals surface area contributed by atoms with E-state index in [2.05, 4.69) is 10.1 Å². The molecule has 6 nitrogen and oxygen atoms in total. The van der Waals surface area contributed by atoms with Gasteiger partial charge in [-0.1, -0.05) is 53.5 Å². The molecule has 0 aliphatic carbocycles. The summed E-state index contributed by atoms with van der Waals surface area (Å²) in [5, 5.41) is 4.50. The number of aromatic nitrogens is 2. The molecule has 0 aliphatic heterocycles. The molecule has 0 saturated heterocycles. The van der Waals surface area contributed by atoms with E-state index in [9.17, 15) is 4.79 Å². The van der Waals surface area contributed by atoms with Crippen molar-refractivity contribution >= 4 is 17.5 Å². The predicted molar refractivity (Wildman–Crippen MR) is 107 cm³/mol. The average Bonchev–Trinajstić information content (AvgIpc) is 3.15. The Labute approximate surface area is 169 Å². The van der Waals surface area contributed by atoms with Crippen molar-refractivity contribution in [1.29, 1.82) is 0 Å². The van der Waals surface area contributed by atoms with Crippen molar-refractivity contribution in [2.45, 2.75) is 32.9 Å². The first-order valence-corrected chi connectivity index (χ1v) is 9.41. The third-order valence-electron chi connectivity index (χ3n) is 4.28. The molecule has 1 amide bonds. The van der Waals surface area contributed by atoms with E-state index in [0.29, 0.717) is 34.5 Å². The van der Waals surface area contributed by atoms with Crippen LogP contribution in [0.2, 0.25) is 5.02 Å². The molecule has 146 valence electrons. The first kappa shape index (κ1) is 19.9. The van der Waals surface area contributed by atoms with E-state index in [1.807, 2.05) is 56.3 Å². The van der Waals surface area contributed by atoms with Gasteiger partial charge >= 0.3 is 0 Å². The molecule has 0 N–H and O–H groups in total. The van der Waals surface area contributed by atoms with Crippen LogP contribution in [0, 0.1) is 6.92 Å². The van der Waals surface area contributed by atoms with Crippen LogP contribution in [0.15, 0.2) is 53.1 Å². The van der Waals surface area contributed by atoms with Crippen LogP contribution in [-0.2, 0) is 11.3 Å². The number of aryl methyl sites for hydroxylation is 1. The minimum atomic E-state index is -0.585. The lowest BCUT2D eigenvalue weighted by Crippen LogP contribution is -2.39. The van der Waals surface area contributed by atoms with Gasteiger partial charge < -0.3 is 14.2 Å². The lowest BCUT2D eigenvalue weighted by Gasteiger charge is -2.22. The van der Waals surface area contributed by atoms with E-state index in [-0.39, 0.29) is 12.5 Å². The summed E-state index contributed by atoms with van der Waals surface area (Å²) in [6.45, 7) is 4.10. The van der Waals surface area contributed by atoms with Crippen molar-refractivity contribution < 1.29 is 14.1 Å². The Kier molecular flexibility index (Phi) is 6.31. The lowest BCUT2D eigenvalue weighted by atomic mass is 10.2. The Morgan fingerprint density at radius 2 is 1.93 bits per heavy atom. The van der Waals surface area contributed by atoms with E-state index in [4.69, 9.17) is 20.9 Å². The molecule has 0 spiro atoms. The molecule has 28 heavy (non-hydrogen) atoms. The van der Waals surface area contributed by atoms with Gasteiger partial charge in [0.25, 0.3) is 5.91 Å². The molecule has 0 unspecified atom stereocenters. The van der Waals surface area contributed by atoms with E-state index < -0.39 is 6.10 Å². The zero-order chi connectivity index (χ0) is 20.1. The molecular formula is C21H22ClN3O3. The number of hydrogen-bond donors (Lipinski definition) is 0. The standard InChI is InChI=1S/C21H22ClN3O3/c1-4-18(27-15-11-9-14(2)10-12-15)21(26)25(3)13-19-23-20(24-28-19)16-7-5-6-8-17(16)22/h5-12,18H,4,13H2,1-3H3/t18-/m0/s1. The maximum Gasteiger partial charge on any atom is 0.263 e. The van der Waals surface area contributed by atoms with Gasteiger partial charge in [0.1, 0.15) is 5.75 Å². The quantitative estimate of drug-likeness (QED) is 0.584. The van der Waals surface area contributed by atoms with Crippen molar-refractivity contribution in [3.05, 3.63) is 65.0 Å². The summed E-state index contributed by atoms with van der Waals surface area (Å²) in [5.41, 5.74) is 1.82. The number of benzene rings is 2. The van der Waals surface area contributed by atoms with Crippen molar-refractivity contribution in [3.8, 4) is 17.1 Å². The van der Waals surface area contributed by atoms with E-state index in [1.165, 1.54) is 4.90 Å². The Balaban J connectivity index is 1.66. The number of likely N-dealkylation sites (N-methyl/N-ethyl adjacent to an activating group) is 1. The number of ether oxygens (including phenoxy) is 1. The summed E-state index contributed by atoms with van der Waals surface area (Å²) in [5.74, 6) is 1.24. The third-order valence-corrected chi connectivity index (χ3v) is 4.61.